The maximum atomic E-state index is 9.37. The Hall–Kier alpha value is -0.560. The summed E-state index contributed by atoms with van der Waals surface area (Å²) in [6.07, 6.45) is 11.2. The van der Waals surface area contributed by atoms with Crippen molar-refractivity contribution in [2.75, 3.05) is 0 Å². The Bertz CT molecular complexity index is 158. The van der Waals surface area contributed by atoms with Crippen molar-refractivity contribution >= 4 is 0 Å². The molecule has 0 heterocycles. The molecule has 0 saturated carbocycles. The van der Waals surface area contributed by atoms with Crippen molar-refractivity contribution in [2.24, 2.45) is 5.92 Å². The van der Waals surface area contributed by atoms with Crippen molar-refractivity contribution in [1.82, 2.24) is 0 Å². The van der Waals surface area contributed by atoms with Gasteiger partial charge in [0.05, 0.1) is 6.10 Å². The fraction of sp³-hybridized carbons (Fsp3) is 0.600. The molecule has 62 valence electrons. The smallest absolute Gasteiger partial charge is 0.0754 e. The molecule has 0 spiro atoms. The summed E-state index contributed by atoms with van der Waals surface area (Å²) in [5, 5.41) is 9.37. The van der Waals surface area contributed by atoms with Crippen LogP contribution < -0.4 is 0 Å². The maximum absolute atomic E-state index is 9.37. The van der Waals surface area contributed by atoms with Gasteiger partial charge < -0.3 is 5.11 Å². The zero-order chi connectivity index (χ0) is 8.10. The molecule has 1 aliphatic rings. The van der Waals surface area contributed by atoms with Gasteiger partial charge in [0.2, 0.25) is 0 Å². The molecule has 1 aliphatic carbocycles. The van der Waals surface area contributed by atoms with E-state index in [1.54, 1.807) is 0 Å². The van der Waals surface area contributed by atoms with Crippen LogP contribution in [0.15, 0.2) is 24.3 Å². The van der Waals surface area contributed by atoms with E-state index in [1.165, 1.54) is 0 Å². The van der Waals surface area contributed by atoms with Crippen LogP contribution in [0.2, 0.25) is 0 Å². The number of allylic oxidation sites excluding steroid dienone is 3. The Balaban J connectivity index is 2.22. The third-order valence-electron chi connectivity index (χ3n) is 2.10. The molecule has 1 heteroatoms. The lowest BCUT2D eigenvalue weighted by atomic mass is 10.0. The van der Waals surface area contributed by atoms with Gasteiger partial charge in [-0.05, 0) is 25.2 Å². The summed E-state index contributed by atoms with van der Waals surface area (Å²) in [6, 6.07) is 0. The second kappa shape index (κ2) is 4.35. The van der Waals surface area contributed by atoms with E-state index in [2.05, 4.69) is 25.2 Å². The molecule has 0 amide bonds. The number of aliphatic hydroxyl groups excluding tert-OH is 1. The van der Waals surface area contributed by atoms with E-state index in [-0.39, 0.29) is 6.10 Å². The van der Waals surface area contributed by atoms with Crippen LogP contribution in [0.4, 0.5) is 0 Å². The fourth-order valence-corrected chi connectivity index (χ4v) is 1.36. The van der Waals surface area contributed by atoms with Crippen LogP contribution in [0.25, 0.3) is 0 Å². The highest BCUT2D eigenvalue weighted by molar-refractivity contribution is 5.03. The van der Waals surface area contributed by atoms with Gasteiger partial charge in [-0.3, -0.25) is 0 Å². The van der Waals surface area contributed by atoms with E-state index in [0.29, 0.717) is 5.92 Å². The average molecular weight is 152 g/mol. The van der Waals surface area contributed by atoms with Gasteiger partial charge in [0.15, 0.2) is 0 Å². The van der Waals surface area contributed by atoms with Crippen LogP contribution >= 0.6 is 0 Å². The summed E-state index contributed by atoms with van der Waals surface area (Å²) in [6.45, 7) is 2.12. The quantitative estimate of drug-likeness (QED) is 0.615. The van der Waals surface area contributed by atoms with E-state index >= 15 is 0 Å². The second-order valence-corrected chi connectivity index (χ2v) is 3.03. The molecule has 0 aromatic carbocycles. The lowest BCUT2D eigenvalue weighted by molar-refractivity contribution is 0.166. The lowest BCUT2D eigenvalue weighted by Crippen LogP contribution is -2.11. The SMILES string of the molecule is CC/C=C\C[C@H]1CC=C[C@H]1O. The van der Waals surface area contributed by atoms with Crippen molar-refractivity contribution in [3.63, 3.8) is 0 Å². The molecule has 0 unspecified atom stereocenters. The predicted molar refractivity (Wildman–Crippen MR) is 47.3 cm³/mol. The molecular formula is C10H16O. The van der Waals surface area contributed by atoms with Crippen molar-refractivity contribution in [2.45, 2.75) is 32.3 Å². The standard InChI is InChI=1S/C10H16O/c1-2-3-4-6-9-7-5-8-10(9)11/h3-5,8-11H,2,6-7H2,1H3/b4-3-/t9-,10+/m0/s1. The van der Waals surface area contributed by atoms with Crippen molar-refractivity contribution in [1.29, 1.82) is 0 Å². The van der Waals surface area contributed by atoms with Crippen LogP contribution in [-0.4, -0.2) is 11.2 Å². The first-order valence-electron chi connectivity index (χ1n) is 4.34. The summed E-state index contributed by atoms with van der Waals surface area (Å²) in [5.74, 6) is 0.442. The molecular weight excluding hydrogens is 136 g/mol. The van der Waals surface area contributed by atoms with Crippen LogP contribution in [0.1, 0.15) is 26.2 Å². The normalized spacial score (nSPS) is 30.4. The van der Waals surface area contributed by atoms with Gasteiger partial charge in [-0.25, -0.2) is 0 Å². The fourth-order valence-electron chi connectivity index (χ4n) is 1.36. The minimum absolute atomic E-state index is 0.198. The zero-order valence-electron chi connectivity index (χ0n) is 7.03. The highest BCUT2D eigenvalue weighted by Crippen LogP contribution is 2.22. The average Bonchev–Trinajstić information content (AvgIpc) is 2.37. The summed E-state index contributed by atoms with van der Waals surface area (Å²) in [5.41, 5.74) is 0. The molecule has 0 bridgehead atoms. The zero-order valence-corrected chi connectivity index (χ0v) is 7.03. The highest BCUT2D eigenvalue weighted by atomic mass is 16.3. The first-order valence-corrected chi connectivity index (χ1v) is 4.34. The van der Waals surface area contributed by atoms with E-state index < -0.39 is 0 Å². The molecule has 0 fully saturated rings. The number of rotatable bonds is 3. The van der Waals surface area contributed by atoms with Gasteiger partial charge in [0, 0.05) is 0 Å². The van der Waals surface area contributed by atoms with E-state index in [0.717, 1.165) is 19.3 Å². The molecule has 1 nitrogen and oxygen atoms in total. The van der Waals surface area contributed by atoms with Crippen molar-refractivity contribution < 1.29 is 5.11 Å². The summed E-state index contributed by atoms with van der Waals surface area (Å²) >= 11 is 0. The van der Waals surface area contributed by atoms with Gasteiger partial charge in [-0.2, -0.15) is 0 Å². The molecule has 2 atom stereocenters. The second-order valence-electron chi connectivity index (χ2n) is 3.03. The lowest BCUT2D eigenvalue weighted by Gasteiger charge is -2.10. The van der Waals surface area contributed by atoms with Gasteiger partial charge >= 0.3 is 0 Å². The van der Waals surface area contributed by atoms with Crippen LogP contribution in [0, 0.1) is 5.92 Å². The number of aliphatic hydroxyl groups is 1. The third-order valence-corrected chi connectivity index (χ3v) is 2.10. The summed E-state index contributed by atoms with van der Waals surface area (Å²) in [7, 11) is 0. The Kier molecular flexibility index (Phi) is 3.37. The Labute approximate surface area is 68.4 Å². The van der Waals surface area contributed by atoms with E-state index in [4.69, 9.17) is 0 Å². The first kappa shape index (κ1) is 8.54. The molecule has 0 saturated heterocycles. The molecule has 11 heavy (non-hydrogen) atoms. The van der Waals surface area contributed by atoms with Gasteiger partial charge in [-0.1, -0.05) is 31.2 Å². The minimum atomic E-state index is -0.198. The van der Waals surface area contributed by atoms with Gasteiger partial charge in [0.1, 0.15) is 0 Å². The monoisotopic (exact) mass is 152 g/mol. The minimum Gasteiger partial charge on any atom is -0.389 e. The van der Waals surface area contributed by atoms with Crippen LogP contribution in [0.5, 0.6) is 0 Å². The molecule has 1 N–H and O–H groups in total. The van der Waals surface area contributed by atoms with Crippen molar-refractivity contribution in [3.05, 3.63) is 24.3 Å². The Morgan fingerprint density at radius 2 is 2.36 bits per heavy atom. The summed E-state index contributed by atoms with van der Waals surface area (Å²) < 4.78 is 0. The van der Waals surface area contributed by atoms with E-state index in [9.17, 15) is 5.11 Å². The first-order chi connectivity index (χ1) is 5.34. The van der Waals surface area contributed by atoms with Gasteiger partial charge in [0.25, 0.3) is 0 Å². The van der Waals surface area contributed by atoms with Crippen LogP contribution in [0.3, 0.4) is 0 Å². The molecule has 0 aromatic heterocycles. The predicted octanol–water partition coefficient (Wildman–Crippen LogP) is 2.28. The van der Waals surface area contributed by atoms with E-state index in [1.807, 2.05) is 6.08 Å². The summed E-state index contributed by atoms with van der Waals surface area (Å²) in [4.78, 5) is 0. The van der Waals surface area contributed by atoms with Gasteiger partial charge in [-0.15, -0.1) is 0 Å². The molecule has 1 rings (SSSR count). The Morgan fingerprint density at radius 1 is 1.55 bits per heavy atom. The topological polar surface area (TPSA) is 20.2 Å². The highest BCUT2D eigenvalue weighted by Gasteiger charge is 2.18. The van der Waals surface area contributed by atoms with Crippen LogP contribution in [-0.2, 0) is 0 Å². The number of hydrogen-bond donors (Lipinski definition) is 1. The molecule has 0 radical (unpaired) electrons. The molecule has 0 aromatic rings. The Morgan fingerprint density at radius 3 is 2.91 bits per heavy atom. The molecule has 0 aliphatic heterocycles. The largest absolute Gasteiger partial charge is 0.389 e. The maximum Gasteiger partial charge on any atom is 0.0754 e. The number of hydrogen-bond acceptors (Lipinski definition) is 1. The third kappa shape index (κ3) is 2.51. The van der Waals surface area contributed by atoms with Crippen molar-refractivity contribution in [3.8, 4) is 0 Å².